The Morgan fingerprint density at radius 2 is 2.21 bits per heavy atom. The molecule has 0 fully saturated rings. The number of aromatic nitrogens is 1. The summed E-state index contributed by atoms with van der Waals surface area (Å²) < 4.78 is 0. The van der Waals surface area contributed by atoms with Gasteiger partial charge in [0.2, 0.25) is 0 Å². The van der Waals surface area contributed by atoms with Crippen LogP contribution >= 0.6 is 0 Å². The first-order valence-electron chi connectivity index (χ1n) is 10.6. The van der Waals surface area contributed by atoms with E-state index in [1.54, 1.807) is 0 Å². The normalized spacial score (nSPS) is 22.8. The van der Waals surface area contributed by atoms with E-state index in [0.29, 0.717) is 11.8 Å². The van der Waals surface area contributed by atoms with Crippen molar-refractivity contribution < 1.29 is 0 Å². The van der Waals surface area contributed by atoms with Crippen molar-refractivity contribution in [3.05, 3.63) is 102 Å². The Bertz CT molecular complexity index is 837. The third kappa shape index (κ3) is 5.25. The summed E-state index contributed by atoms with van der Waals surface area (Å²) in [6.45, 7) is 8.57. The largest absolute Gasteiger partial charge is 0.361 e. The Kier molecular flexibility index (Phi) is 7.31. The van der Waals surface area contributed by atoms with Gasteiger partial charge in [0.15, 0.2) is 0 Å². The number of nitrogens with one attached hydrogen (secondary N) is 1. The molecule has 3 rings (SSSR count). The third-order valence-corrected chi connectivity index (χ3v) is 5.64. The average molecular weight is 372 g/mol. The molecule has 1 N–H and O–H groups in total. The molecule has 2 unspecified atom stereocenters. The number of aromatic amines is 1. The summed E-state index contributed by atoms with van der Waals surface area (Å²) in [5.74, 6) is 0.864. The minimum absolute atomic E-state index is 0.367. The van der Waals surface area contributed by atoms with Crippen LogP contribution < -0.4 is 0 Å². The summed E-state index contributed by atoms with van der Waals surface area (Å²) in [6, 6.07) is 4.23. The molecule has 0 spiro atoms. The fraction of sp³-hybridized carbons (Fsp3) is 0.333. The predicted octanol–water partition coefficient (Wildman–Crippen LogP) is 7.73. The fourth-order valence-electron chi connectivity index (χ4n) is 4.02. The Balaban J connectivity index is 1.86. The molecule has 0 saturated heterocycles. The van der Waals surface area contributed by atoms with Crippen LogP contribution in [0.15, 0.2) is 96.3 Å². The van der Waals surface area contributed by atoms with E-state index in [0.717, 1.165) is 19.3 Å². The van der Waals surface area contributed by atoms with Gasteiger partial charge in [-0.15, -0.1) is 0 Å². The summed E-state index contributed by atoms with van der Waals surface area (Å²) in [5.41, 5.74) is 6.76. The van der Waals surface area contributed by atoms with Crippen LogP contribution in [0.5, 0.6) is 0 Å². The van der Waals surface area contributed by atoms with Crippen molar-refractivity contribution in [1.82, 2.24) is 4.98 Å². The average Bonchev–Trinajstić information content (AvgIpc) is 3.25. The smallest absolute Gasteiger partial charge is 0.0450 e. The van der Waals surface area contributed by atoms with E-state index >= 15 is 0 Å². The second kappa shape index (κ2) is 10.1. The molecule has 1 nitrogen and oxygen atoms in total. The second-order valence-electron chi connectivity index (χ2n) is 7.89. The van der Waals surface area contributed by atoms with Crippen molar-refractivity contribution in [1.29, 1.82) is 0 Å². The van der Waals surface area contributed by atoms with Crippen LogP contribution in [0.1, 0.15) is 51.6 Å². The van der Waals surface area contributed by atoms with Crippen LogP contribution in [-0.2, 0) is 0 Å². The van der Waals surface area contributed by atoms with E-state index in [1.165, 1.54) is 40.8 Å². The summed E-state index contributed by atoms with van der Waals surface area (Å²) in [5, 5.41) is 0. The quantitative estimate of drug-likeness (QED) is 0.355. The van der Waals surface area contributed by atoms with Crippen molar-refractivity contribution in [2.75, 3.05) is 0 Å². The van der Waals surface area contributed by atoms with Gasteiger partial charge in [-0.25, -0.2) is 0 Å². The molecule has 1 aromatic rings. The molecule has 1 aromatic heterocycles. The maximum Gasteiger partial charge on any atom is 0.0450 e. The first-order valence-corrected chi connectivity index (χ1v) is 10.6. The van der Waals surface area contributed by atoms with Crippen LogP contribution in [0.25, 0.3) is 5.57 Å². The molecule has 0 radical (unpaired) electrons. The van der Waals surface area contributed by atoms with Gasteiger partial charge in [0, 0.05) is 23.7 Å². The standard InChI is InChI=1S/C27H33N/c1-4-6-7-8-9-13-22(5-2)24-18-25(23-14-10-12-21(3)17-23)20-26(19-24)27-15-11-16-28-27/h5,8-16,19-20,23-24,28H,2,4,6-7,17-18H2,1,3H3/b9-8-,22-13+. The van der Waals surface area contributed by atoms with Gasteiger partial charge in [-0.3, -0.25) is 0 Å². The van der Waals surface area contributed by atoms with Gasteiger partial charge in [-0.05, 0) is 49.5 Å². The Labute approximate surface area is 170 Å². The highest BCUT2D eigenvalue weighted by atomic mass is 14.7. The predicted molar refractivity (Wildman–Crippen MR) is 123 cm³/mol. The molecular formula is C27H33N. The van der Waals surface area contributed by atoms with Gasteiger partial charge >= 0.3 is 0 Å². The molecule has 2 aliphatic carbocycles. The van der Waals surface area contributed by atoms with Gasteiger partial charge in [-0.2, -0.15) is 0 Å². The maximum atomic E-state index is 4.11. The lowest BCUT2D eigenvalue weighted by molar-refractivity contribution is 0.639. The minimum Gasteiger partial charge on any atom is -0.361 e. The van der Waals surface area contributed by atoms with E-state index < -0.39 is 0 Å². The minimum atomic E-state index is 0.367. The zero-order chi connectivity index (χ0) is 19.8. The second-order valence-corrected chi connectivity index (χ2v) is 7.89. The SMILES string of the molecule is C=C/C(=C\C=C/CCCC)C1C=C(c2ccc[nH]2)C=C(C2C=CC=C(C)C2)C1. The summed E-state index contributed by atoms with van der Waals surface area (Å²) >= 11 is 0. The molecule has 0 saturated carbocycles. The Morgan fingerprint density at radius 3 is 2.93 bits per heavy atom. The van der Waals surface area contributed by atoms with Crippen LogP contribution in [0.3, 0.4) is 0 Å². The number of allylic oxidation sites excluding steroid dienone is 13. The van der Waals surface area contributed by atoms with Crippen molar-refractivity contribution in [2.45, 2.75) is 46.0 Å². The lowest BCUT2D eigenvalue weighted by Crippen LogP contribution is -2.13. The molecule has 0 aliphatic heterocycles. The fourth-order valence-corrected chi connectivity index (χ4v) is 4.02. The van der Waals surface area contributed by atoms with Gasteiger partial charge in [0.1, 0.15) is 0 Å². The maximum absolute atomic E-state index is 4.11. The third-order valence-electron chi connectivity index (χ3n) is 5.64. The molecule has 28 heavy (non-hydrogen) atoms. The topological polar surface area (TPSA) is 15.8 Å². The number of unbranched alkanes of at least 4 members (excludes halogenated alkanes) is 2. The van der Waals surface area contributed by atoms with Gasteiger partial charge < -0.3 is 4.98 Å². The first kappa shape index (κ1) is 20.2. The molecule has 2 aliphatic rings. The van der Waals surface area contributed by atoms with Crippen molar-refractivity contribution in [3.8, 4) is 0 Å². The summed E-state index contributed by atoms with van der Waals surface area (Å²) in [7, 11) is 0. The van der Waals surface area contributed by atoms with Crippen molar-refractivity contribution >= 4 is 5.57 Å². The highest BCUT2D eigenvalue weighted by Crippen LogP contribution is 2.38. The van der Waals surface area contributed by atoms with E-state index in [2.05, 4.69) is 86.2 Å². The molecule has 1 heteroatoms. The van der Waals surface area contributed by atoms with Gasteiger partial charge in [0.05, 0.1) is 0 Å². The first-order chi connectivity index (χ1) is 13.7. The van der Waals surface area contributed by atoms with Crippen molar-refractivity contribution in [3.63, 3.8) is 0 Å². The van der Waals surface area contributed by atoms with E-state index in [4.69, 9.17) is 0 Å². The van der Waals surface area contributed by atoms with Gasteiger partial charge in [-0.1, -0.05) is 92.2 Å². The molecular weight excluding hydrogens is 338 g/mol. The number of hydrogen-bond donors (Lipinski definition) is 1. The van der Waals surface area contributed by atoms with Crippen LogP contribution in [-0.4, -0.2) is 4.98 Å². The number of rotatable bonds is 8. The van der Waals surface area contributed by atoms with Gasteiger partial charge in [0.25, 0.3) is 0 Å². The lowest BCUT2D eigenvalue weighted by atomic mass is 9.77. The molecule has 2 atom stereocenters. The zero-order valence-electron chi connectivity index (χ0n) is 17.3. The van der Waals surface area contributed by atoms with Crippen LogP contribution in [0.2, 0.25) is 0 Å². The lowest BCUT2D eigenvalue weighted by Gasteiger charge is -2.28. The number of H-pyrrole nitrogens is 1. The summed E-state index contributed by atoms with van der Waals surface area (Å²) in [4.78, 5) is 3.38. The summed E-state index contributed by atoms with van der Waals surface area (Å²) in [6.07, 6.45) is 28.2. The Hall–Kier alpha value is -2.54. The van der Waals surface area contributed by atoms with E-state index in [1.807, 2.05) is 12.3 Å². The molecule has 0 bridgehead atoms. The monoisotopic (exact) mass is 371 g/mol. The highest BCUT2D eigenvalue weighted by Gasteiger charge is 2.23. The van der Waals surface area contributed by atoms with E-state index in [9.17, 15) is 0 Å². The van der Waals surface area contributed by atoms with Crippen LogP contribution in [0, 0.1) is 11.8 Å². The molecule has 1 heterocycles. The number of hydrogen-bond acceptors (Lipinski definition) is 0. The zero-order valence-corrected chi connectivity index (χ0v) is 17.3. The van der Waals surface area contributed by atoms with E-state index in [-0.39, 0.29) is 0 Å². The van der Waals surface area contributed by atoms with Crippen molar-refractivity contribution in [2.24, 2.45) is 11.8 Å². The highest BCUT2D eigenvalue weighted by molar-refractivity contribution is 5.75. The molecule has 146 valence electrons. The molecule has 0 amide bonds. The Morgan fingerprint density at radius 1 is 1.32 bits per heavy atom. The van der Waals surface area contributed by atoms with Crippen LogP contribution in [0.4, 0.5) is 0 Å². The molecule has 0 aromatic carbocycles.